The van der Waals surface area contributed by atoms with Gasteiger partial charge in [0, 0.05) is 0 Å². The Hall–Kier alpha value is -1.58. The highest BCUT2D eigenvalue weighted by molar-refractivity contribution is 6.02. The quantitative estimate of drug-likeness (QED) is 0.290. The monoisotopic (exact) mass is 420 g/mol. The van der Waals surface area contributed by atoms with Gasteiger partial charge in [0.15, 0.2) is 0 Å². The fourth-order valence-corrected chi connectivity index (χ4v) is 3.79. The fraction of sp³-hybridized carbons (Fsp3) is 0.769. The average molecular weight is 421 g/mol. The van der Waals surface area contributed by atoms with Crippen molar-refractivity contribution < 1.29 is 19.1 Å². The molecule has 3 unspecified atom stereocenters. The Labute approximate surface area is 184 Å². The molecular formula is C26H44O4. The molecule has 0 aromatic carbocycles. The third-order valence-corrected chi connectivity index (χ3v) is 6.15. The zero-order valence-corrected chi connectivity index (χ0v) is 20.0. The van der Waals surface area contributed by atoms with Crippen molar-refractivity contribution in [3.63, 3.8) is 0 Å². The number of unbranched alkanes of at least 4 members (excludes halogenated alkanes) is 2. The third kappa shape index (κ3) is 9.49. The highest BCUT2D eigenvalue weighted by Gasteiger charge is 2.26. The minimum atomic E-state index is -0.389. The lowest BCUT2D eigenvalue weighted by molar-refractivity contribution is -0.143. The molecule has 4 nitrogen and oxygen atoms in total. The Morgan fingerprint density at radius 1 is 0.933 bits per heavy atom. The van der Waals surface area contributed by atoms with E-state index in [1.54, 1.807) is 6.08 Å². The number of hydrogen-bond acceptors (Lipinski definition) is 4. The molecule has 0 saturated heterocycles. The van der Waals surface area contributed by atoms with Crippen molar-refractivity contribution in [2.24, 2.45) is 17.8 Å². The number of hydrogen-bond donors (Lipinski definition) is 0. The van der Waals surface area contributed by atoms with Gasteiger partial charge >= 0.3 is 11.9 Å². The number of ether oxygens (including phenoxy) is 2. The Morgan fingerprint density at radius 3 is 1.97 bits per heavy atom. The predicted octanol–water partition coefficient (Wildman–Crippen LogP) is 6.79. The molecule has 30 heavy (non-hydrogen) atoms. The minimum Gasteiger partial charge on any atom is -0.462 e. The van der Waals surface area contributed by atoms with Crippen molar-refractivity contribution >= 4 is 11.9 Å². The van der Waals surface area contributed by atoms with Gasteiger partial charge in [0.1, 0.15) is 0 Å². The summed E-state index contributed by atoms with van der Waals surface area (Å²) in [5.41, 5.74) is 0.865. The highest BCUT2D eigenvalue weighted by atomic mass is 16.5. The van der Waals surface area contributed by atoms with E-state index >= 15 is 0 Å². The van der Waals surface area contributed by atoms with Gasteiger partial charge in [-0.25, -0.2) is 9.59 Å². The molecule has 0 aromatic heterocycles. The molecule has 1 aliphatic carbocycles. The van der Waals surface area contributed by atoms with Crippen molar-refractivity contribution in [2.75, 3.05) is 13.2 Å². The molecule has 0 aromatic rings. The van der Waals surface area contributed by atoms with E-state index in [0.717, 1.165) is 57.8 Å². The SMILES string of the molecule is CCCCC(CC)COC(=O)C1=C(C(=O)OCC(CC)CCCC)CC(C)CC=C1. The average Bonchev–Trinajstić information content (AvgIpc) is 2.95. The number of esters is 2. The molecule has 4 heteroatoms. The Balaban J connectivity index is 2.85. The summed E-state index contributed by atoms with van der Waals surface area (Å²) in [6.45, 7) is 11.5. The lowest BCUT2D eigenvalue weighted by Gasteiger charge is -2.18. The number of allylic oxidation sites excluding steroid dienone is 1. The van der Waals surface area contributed by atoms with Crippen LogP contribution in [0.1, 0.15) is 98.8 Å². The summed E-state index contributed by atoms with van der Waals surface area (Å²) >= 11 is 0. The van der Waals surface area contributed by atoms with Crippen LogP contribution in [0.4, 0.5) is 0 Å². The molecule has 1 aliphatic rings. The summed E-state index contributed by atoms with van der Waals surface area (Å²) in [4.78, 5) is 25.8. The Morgan fingerprint density at radius 2 is 1.47 bits per heavy atom. The van der Waals surface area contributed by atoms with E-state index in [4.69, 9.17) is 9.47 Å². The molecule has 0 radical (unpaired) electrons. The van der Waals surface area contributed by atoms with E-state index in [2.05, 4.69) is 34.6 Å². The van der Waals surface area contributed by atoms with Gasteiger partial charge in [0.25, 0.3) is 0 Å². The number of rotatable bonds is 14. The third-order valence-electron chi connectivity index (χ3n) is 6.15. The van der Waals surface area contributed by atoms with E-state index in [9.17, 15) is 9.59 Å². The first-order valence-corrected chi connectivity index (χ1v) is 12.2. The molecule has 172 valence electrons. The number of carbonyl (C=O) groups excluding carboxylic acids is 2. The molecule has 3 atom stereocenters. The lowest BCUT2D eigenvalue weighted by Crippen LogP contribution is -2.21. The molecule has 0 aliphatic heterocycles. The van der Waals surface area contributed by atoms with Crippen LogP contribution in [0.3, 0.4) is 0 Å². The van der Waals surface area contributed by atoms with Gasteiger partial charge in [-0.1, -0.05) is 85.3 Å². The second-order valence-electron chi connectivity index (χ2n) is 8.87. The van der Waals surface area contributed by atoms with Crippen LogP contribution in [-0.2, 0) is 19.1 Å². The van der Waals surface area contributed by atoms with E-state index < -0.39 is 0 Å². The smallest absolute Gasteiger partial charge is 0.338 e. The molecule has 0 spiro atoms. The van der Waals surface area contributed by atoms with Gasteiger partial charge < -0.3 is 9.47 Å². The molecule has 0 fully saturated rings. The Kier molecular flexibility index (Phi) is 13.5. The maximum atomic E-state index is 12.9. The van der Waals surface area contributed by atoms with E-state index in [0.29, 0.717) is 48.5 Å². The van der Waals surface area contributed by atoms with Gasteiger partial charge in [0.05, 0.1) is 24.4 Å². The normalized spacial score (nSPS) is 18.6. The summed E-state index contributed by atoms with van der Waals surface area (Å²) in [5.74, 6) is 0.313. The van der Waals surface area contributed by atoms with Gasteiger partial charge in [0.2, 0.25) is 0 Å². The van der Waals surface area contributed by atoms with Crippen molar-refractivity contribution in [1.29, 1.82) is 0 Å². The van der Waals surface area contributed by atoms with Crippen LogP contribution >= 0.6 is 0 Å². The molecule has 1 rings (SSSR count). The molecular weight excluding hydrogens is 376 g/mol. The van der Waals surface area contributed by atoms with Crippen molar-refractivity contribution in [2.45, 2.75) is 98.8 Å². The Bertz CT molecular complexity index is 576. The summed E-state index contributed by atoms with van der Waals surface area (Å²) in [6.07, 6.45) is 13.8. The molecule has 0 saturated carbocycles. The first-order valence-electron chi connectivity index (χ1n) is 12.2. The second-order valence-corrected chi connectivity index (χ2v) is 8.87. The fourth-order valence-electron chi connectivity index (χ4n) is 3.79. The van der Waals surface area contributed by atoms with Crippen LogP contribution in [0.15, 0.2) is 23.3 Å². The molecule has 0 amide bonds. The zero-order valence-electron chi connectivity index (χ0n) is 20.0. The van der Waals surface area contributed by atoms with E-state index in [1.165, 1.54) is 0 Å². The first-order chi connectivity index (χ1) is 14.5. The minimum absolute atomic E-state index is 0.295. The van der Waals surface area contributed by atoms with Crippen LogP contribution in [0, 0.1) is 17.8 Å². The van der Waals surface area contributed by atoms with Gasteiger partial charge in [-0.05, 0) is 43.4 Å². The topological polar surface area (TPSA) is 52.6 Å². The summed E-state index contributed by atoms with van der Waals surface area (Å²) < 4.78 is 11.3. The van der Waals surface area contributed by atoms with E-state index in [-0.39, 0.29) is 11.9 Å². The zero-order chi connectivity index (χ0) is 22.4. The van der Waals surface area contributed by atoms with Crippen LogP contribution in [-0.4, -0.2) is 25.2 Å². The predicted molar refractivity (Wildman–Crippen MR) is 123 cm³/mol. The van der Waals surface area contributed by atoms with Crippen LogP contribution < -0.4 is 0 Å². The summed E-state index contributed by atoms with van der Waals surface area (Å²) in [5, 5.41) is 0. The number of carbonyl (C=O) groups is 2. The maximum absolute atomic E-state index is 12.9. The van der Waals surface area contributed by atoms with Crippen LogP contribution in [0.2, 0.25) is 0 Å². The molecule has 0 N–H and O–H groups in total. The van der Waals surface area contributed by atoms with E-state index in [1.807, 2.05) is 6.08 Å². The first kappa shape index (κ1) is 26.5. The second kappa shape index (κ2) is 15.3. The maximum Gasteiger partial charge on any atom is 0.338 e. The standard InChI is InChI=1S/C26H44O4/c1-6-10-14-21(8-3)18-29-25(27)23-16-12-13-20(5)17-24(23)26(28)30-19-22(9-4)15-11-7-2/h12,16,20-22H,6-11,13-15,17-19H2,1-5H3. The lowest BCUT2D eigenvalue weighted by atomic mass is 9.97. The largest absolute Gasteiger partial charge is 0.462 e. The van der Waals surface area contributed by atoms with Crippen molar-refractivity contribution in [1.82, 2.24) is 0 Å². The highest BCUT2D eigenvalue weighted by Crippen LogP contribution is 2.26. The van der Waals surface area contributed by atoms with Crippen molar-refractivity contribution in [3.05, 3.63) is 23.3 Å². The molecule has 0 heterocycles. The molecule has 0 bridgehead atoms. The van der Waals surface area contributed by atoms with Crippen molar-refractivity contribution in [3.8, 4) is 0 Å². The van der Waals surface area contributed by atoms with Gasteiger partial charge in [-0.15, -0.1) is 0 Å². The van der Waals surface area contributed by atoms with Crippen LogP contribution in [0.25, 0.3) is 0 Å². The summed E-state index contributed by atoms with van der Waals surface area (Å²) in [6, 6.07) is 0. The van der Waals surface area contributed by atoms with Crippen LogP contribution in [0.5, 0.6) is 0 Å². The van der Waals surface area contributed by atoms with Gasteiger partial charge in [-0.3, -0.25) is 0 Å². The summed E-state index contributed by atoms with van der Waals surface area (Å²) in [7, 11) is 0. The van der Waals surface area contributed by atoms with Gasteiger partial charge in [-0.2, -0.15) is 0 Å².